The minimum Gasteiger partial charge on any atom is -0.490 e. The van der Waals surface area contributed by atoms with Gasteiger partial charge in [-0.05, 0) is 25.8 Å². The van der Waals surface area contributed by atoms with Gasteiger partial charge in [-0.2, -0.15) is 4.98 Å². The van der Waals surface area contributed by atoms with Gasteiger partial charge in [0.25, 0.3) is 0 Å². The predicted octanol–water partition coefficient (Wildman–Crippen LogP) is 2.30. The highest BCUT2D eigenvalue weighted by Crippen LogP contribution is 2.32. The van der Waals surface area contributed by atoms with Gasteiger partial charge in [-0.25, -0.2) is 0 Å². The Kier molecular flexibility index (Phi) is 4.35. The van der Waals surface area contributed by atoms with Crippen molar-refractivity contribution in [1.82, 2.24) is 15.5 Å². The number of hydrogen-bond donors (Lipinski definition) is 1. The molecule has 21 heavy (non-hydrogen) atoms. The summed E-state index contributed by atoms with van der Waals surface area (Å²) in [4.78, 5) is 3.96. The molecule has 0 atom stereocenters. The maximum atomic E-state index is 5.87. The van der Waals surface area contributed by atoms with Gasteiger partial charge in [-0.3, -0.25) is 0 Å². The third kappa shape index (κ3) is 3.72. The second kappa shape index (κ2) is 6.58. The standard InChI is InChI=1S/C15H19N3O3/c1-2-19-13-5-3-4-11(8-16-12-6-7-12)15(13)20-9-14-17-10-21-18-14/h3-5,10,12,16H,2,6-9H2,1H3. The Morgan fingerprint density at radius 3 is 2.95 bits per heavy atom. The Labute approximate surface area is 123 Å². The smallest absolute Gasteiger partial charge is 0.213 e. The van der Waals surface area contributed by atoms with Crippen LogP contribution in [0.5, 0.6) is 11.5 Å². The van der Waals surface area contributed by atoms with E-state index in [0.717, 1.165) is 23.6 Å². The van der Waals surface area contributed by atoms with E-state index in [0.29, 0.717) is 18.5 Å². The van der Waals surface area contributed by atoms with Crippen molar-refractivity contribution in [2.24, 2.45) is 0 Å². The van der Waals surface area contributed by atoms with Gasteiger partial charge >= 0.3 is 0 Å². The zero-order valence-corrected chi connectivity index (χ0v) is 12.0. The van der Waals surface area contributed by atoms with Gasteiger partial charge in [-0.15, -0.1) is 0 Å². The first-order valence-electron chi connectivity index (χ1n) is 7.23. The van der Waals surface area contributed by atoms with Crippen LogP contribution in [-0.4, -0.2) is 22.8 Å². The Balaban J connectivity index is 1.74. The van der Waals surface area contributed by atoms with Crippen LogP contribution in [0.4, 0.5) is 0 Å². The summed E-state index contributed by atoms with van der Waals surface area (Å²) in [6.45, 7) is 3.58. The number of hydrogen-bond acceptors (Lipinski definition) is 6. The summed E-state index contributed by atoms with van der Waals surface area (Å²) in [7, 11) is 0. The Bertz CT molecular complexity index is 568. The summed E-state index contributed by atoms with van der Waals surface area (Å²) in [5.74, 6) is 2.01. The normalized spacial score (nSPS) is 14.1. The highest BCUT2D eigenvalue weighted by molar-refractivity contribution is 5.46. The lowest BCUT2D eigenvalue weighted by Crippen LogP contribution is -2.16. The molecule has 2 aromatic rings. The predicted molar refractivity (Wildman–Crippen MR) is 76.1 cm³/mol. The van der Waals surface area contributed by atoms with E-state index in [-0.39, 0.29) is 6.61 Å². The summed E-state index contributed by atoms with van der Waals surface area (Å²) in [6.07, 6.45) is 3.80. The van der Waals surface area contributed by atoms with E-state index >= 15 is 0 Å². The molecule has 1 aliphatic rings. The second-order valence-electron chi connectivity index (χ2n) is 4.97. The summed E-state index contributed by atoms with van der Waals surface area (Å²) >= 11 is 0. The highest BCUT2D eigenvalue weighted by Gasteiger charge is 2.21. The molecule has 1 aliphatic carbocycles. The van der Waals surface area contributed by atoms with E-state index in [1.165, 1.54) is 19.2 Å². The number of ether oxygens (including phenoxy) is 2. The molecule has 0 amide bonds. The second-order valence-corrected chi connectivity index (χ2v) is 4.97. The average Bonchev–Trinajstić information content (AvgIpc) is 3.18. The van der Waals surface area contributed by atoms with E-state index in [1.807, 2.05) is 25.1 Å². The molecule has 112 valence electrons. The largest absolute Gasteiger partial charge is 0.490 e. The van der Waals surface area contributed by atoms with Crippen molar-refractivity contribution in [2.45, 2.75) is 39.0 Å². The van der Waals surface area contributed by atoms with Crippen LogP contribution in [-0.2, 0) is 13.2 Å². The van der Waals surface area contributed by atoms with Gasteiger partial charge in [0.15, 0.2) is 18.1 Å². The van der Waals surface area contributed by atoms with Crippen molar-refractivity contribution in [2.75, 3.05) is 6.61 Å². The summed E-state index contributed by atoms with van der Waals surface area (Å²) < 4.78 is 16.2. The molecule has 1 heterocycles. The third-order valence-electron chi connectivity index (χ3n) is 3.27. The van der Waals surface area contributed by atoms with Crippen LogP contribution in [0.15, 0.2) is 29.1 Å². The molecule has 1 saturated carbocycles. The lowest BCUT2D eigenvalue weighted by atomic mass is 10.2. The highest BCUT2D eigenvalue weighted by atomic mass is 16.5. The third-order valence-corrected chi connectivity index (χ3v) is 3.27. The molecule has 1 aromatic heterocycles. The molecule has 0 unspecified atom stereocenters. The van der Waals surface area contributed by atoms with Crippen molar-refractivity contribution in [3.8, 4) is 11.5 Å². The molecule has 6 heteroatoms. The fraction of sp³-hybridized carbons (Fsp3) is 0.467. The molecule has 0 bridgehead atoms. The Morgan fingerprint density at radius 2 is 2.24 bits per heavy atom. The van der Waals surface area contributed by atoms with Crippen molar-refractivity contribution < 1.29 is 14.0 Å². The molecular formula is C15H19N3O3. The van der Waals surface area contributed by atoms with Crippen LogP contribution in [0.3, 0.4) is 0 Å². The number of nitrogens with zero attached hydrogens (tertiary/aromatic N) is 2. The first-order chi connectivity index (χ1) is 10.4. The monoisotopic (exact) mass is 289 g/mol. The van der Waals surface area contributed by atoms with E-state index in [1.54, 1.807) is 0 Å². The maximum Gasteiger partial charge on any atom is 0.213 e. The van der Waals surface area contributed by atoms with Crippen LogP contribution >= 0.6 is 0 Å². The van der Waals surface area contributed by atoms with Gasteiger partial charge in [0.1, 0.15) is 0 Å². The van der Waals surface area contributed by atoms with Gasteiger partial charge < -0.3 is 19.3 Å². The molecule has 1 N–H and O–H groups in total. The first-order valence-corrected chi connectivity index (χ1v) is 7.23. The average molecular weight is 289 g/mol. The molecule has 6 nitrogen and oxygen atoms in total. The van der Waals surface area contributed by atoms with Crippen LogP contribution in [0.1, 0.15) is 31.2 Å². The fourth-order valence-corrected chi connectivity index (χ4v) is 2.07. The van der Waals surface area contributed by atoms with Crippen molar-refractivity contribution in [1.29, 1.82) is 0 Å². The first kappa shape index (κ1) is 13.9. The van der Waals surface area contributed by atoms with Gasteiger partial charge in [-0.1, -0.05) is 17.3 Å². The number of rotatable bonds is 8. The molecule has 1 aromatic carbocycles. The summed E-state index contributed by atoms with van der Waals surface area (Å²) in [5, 5.41) is 7.24. The lowest BCUT2D eigenvalue weighted by Gasteiger charge is -2.15. The molecule has 0 radical (unpaired) electrons. The maximum absolute atomic E-state index is 5.87. The van der Waals surface area contributed by atoms with Crippen LogP contribution in [0, 0.1) is 0 Å². The molecule has 0 spiro atoms. The Hall–Kier alpha value is -2.08. The zero-order chi connectivity index (χ0) is 14.5. The fourth-order valence-electron chi connectivity index (χ4n) is 2.07. The SMILES string of the molecule is CCOc1cccc(CNC2CC2)c1OCc1ncon1. The zero-order valence-electron chi connectivity index (χ0n) is 12.0. The number of para-hydroxylation sites is 1. The van der Waals surface area contributed by atoms with Gasteiger partial charge in [0, 0.05) is 18.2 Å². The molecular weight excluding hydrogens is 270 g/mol. The summed E-state index contributed by atoms with van der Waals surface area (Å²) in [6, 6.07) is 6.58. The van der Waals surface area contributed by atoms with Gasteiger partial charge in [0.2, 0.25) is 12.2 Å². The van der Waals surface area contributed by atoms with Crippen LogP contribution in [0.25, 0.3) is 0 Å². The minimum absolute atomic E-state index is 0.261. The Morgan fingerprint density at radius 1 is 1.33 bits per heavy atom. The molecule has 3 rings (SSSR count). The van der Waals surface area contributed by atoms with E-state index in [9.17, 15) is 0 Å². The van der Waals surface area contributed by atoms with Crippen molar-refractivity contribution in [3.05, 3.63) is 36.0 Å². The van der Waals surface area contributed by atoms with E-state index in [2.05, 4.69) is 15.5 Å². The van der Waals surface area contributed by atoms with Gasteiger partial charge in [0.05, 0.1) is 6.61 Å². The quantitative estimate of drug-likeness (QED) is 0.804. The molecule has 0 saturated heterocycles. The van der Waals surface area contributed by atoms with Crippen molar-refractivity contribution >= 4 is 0 Å². The number of benzene rings is 1. The summed E-state index contributed by atoms with van der Waals surface area (Å²) in [5.41, 5.74) is 1.08. The lowest BCUT2D eigenvalue weighted by molar-refractivity contribution is 0.255. The topological polar surface area (TPSA) is 69.4 Å². The molecule has 0 aliphatic heterocycles. The molecule has 1 fully saturated rings. The van der Waals surface area contributed by atoms with Crippen LogP contribution < -0.4 is 14.8 Å². The minimum atomic E-state index is 0.261. The van der Waals surface area contributed by atoms with E-state index < -0.39 is 0 Å². The van der Waals surface area contributed by atoms with Crippen LogP contribution in [0.2, 0.25) is 0 Å². The number of nitrogens with one attached hydrogen (secondary N) is 1. The van der Waals surface area contributed by atoms with Crippen molar-refractivity contribution in [3.63, 3.8) is 0 Å². The van der Waals surface area contributed by atoms with E-state index in [4.69, 9.17) is 14.0 Å². The number of aromatic nitrogens is 2.